The van der Waals surface area contributed by atoms with E-state index in [1.807, 2.05) is 0 Å². The van der Waals surface area contributed by atoms with Crippen molar-refractivity contribution in [1.82, 2.24) is 20.4 Å². The van der Waals surface area contributed by atoms with E-state index in [0.717, 1.165) is 26.2 Å². The zero-order valence-electron chi connectivity index (χ0n) is 10.7. The molecule has 0 atom stereocenters. The number of rotatable bonds is 5. The van der Waals surface area contributed by atoms with E-state index in [0.29, 0.717) is 19.5 Å². The molecule has 0 aromatic carbocycles. The standard InChI is InChI=1S/C11H22N4O2/c1-14(2)11(17)3-4-13-10(16)9-15-7-5-12-6-8-15/h12H,3-9H2,1-2H3,(H,13,16). The van der Waals surface area contributed by atoms with Crippen LogP contribution in [0.3, 0.4) is 0 Å². The van der Waals surface area contributed by atoms with Crippen molar-refractivity contribution in [3.8, 4) is 0 Å². The van der Waals surface area contributed by atoms with Gasteiger partial charge in [-0.1, -0.05) is 0 Å². The number of piperazine rings is 1. The van der Waals surface area contributed by atoms with Crippen LogP contribution in [0.5, 0.6) is 0 Å². The van der Waals surface area contributed by atoms with Gasteiger partial charge in [0.05, 0.1) is 6.54 Å². The Morgan fingerprint density at radius 1 is 1.29 bits per heavy atom. The molecule has 1 heterocycles. The molecule has 6 nitrogen and oxygen atoms in total. The monoisotopic (exact) mass is 242 g/mol. The molecule has 0 bridgehead atoms. The summed E-state index contributed by atoms with van der Waals surface area (Å²) in [6, 6.07) is 0. The highest BCUT2D eigenvalue weighted by Gasteiger charge is 2.13. The summed E-state index contributed by atoms with van der Waals surface area (Å²) in [5, 5.41) is 6.00. The van der Waals surface area contributed by atoms with Crippen LogP contribution in [-0.4, -0.2) is 75.0 Å². The Kier molecular flexibility index (Phi) is 5.93. The molecule has 98 valence electrons. The van der Waals surface area contributed by atoms with E-state index in [4.69, 9.17) is 0 Å². The number of hydrogen-bond donors (Lipinski definition) is 2. The highest BCUT2D eigenvalue weighted by molar-refractivity contribution is 5.80. The van der Waals surface area contributed by atoms with E-state index in [-0.39, 0.29) is 11.8 Å². The lowest BCUT2D eigenvalue weighted by molar-refractivity contribution is -0.128. The summed E-state index contributed by atoms with van der Waals surface area (Å²) in [7, 11) is 3.43. The number of carbonyl (C=O) groups excluding carboxylic acids is 2. The Hall–Kier alpha value is -1.14. The van der Waals surface area contributed by atoms with Gasteiger partial charge in [-0.25, -0.2) is 0 Å². The normalized spacial score (nSPS) is 16.6. The fourth-order valence-electron chi connectivity index (χ4n) is 1.66. The van der Waals surface area contributed by atoms with Crippen LogP contribution in [0, 0.1) is 0 Å². The first-order chi connectivity index (χ1) is 8.09. The predicted molar refractivity (Wildman–Crippen MR) is 65.6 cm³/mol. The lowest BCUT2D eigenvalue weighted by atomic mass is 10.3. The van der Waals surface area contributed by atoms with E-state index in [9.17, 15) is 9.59 Å². The van der Waals surface area contributed by atoms with E-state index >= 15 is 0 Å². The second-order valence-electron chi connectivity index (χ2n) is 4.41. The van der Waals surface area contributed by atoms with Gasteiger partial charge in [0.1, 0.15) is 0 Å². The third-order valence-corrected chi connectivity index (χ3v) is 2.74. The van der Waals surface area contributed by atoms with Crippen LogP contribution in [0.4, 0.5) is 0 Å². The molecule has 0 unspecified atom stereocenters. The minimum atomic E-state index is -0.00143. The molecule has 17 heavy (non-hydrogen) atoms. The third kappa shape index (κ3) is 5.65. The van der Waals surface area contributed by atoms with Crippen molar-refractivity contribution in [1.29, 1.82) is 0 Å². The minimum absolute atomic E-state index is 0.00143. The SMILES string of the molecule is CN(C)C(=O)CCNC(=O)CN1CCNCC1. The molecule has 2 N–H and O–H groups in total. The maximum absolute atomic E-state index is 11.6. The number of hydrogen-bond acceptors (Lipinski definition) is 4. The minimum Gasteiger partial charge on any atom is -0.354 e. The summed E-state index contributed by atoms with van der Waals surface area (Å²) < 4.78 is 0. The highest BCUT2D eigenvalue weighted by atomic mass is 16.2. The number of carbonyl (C=O) groups is 2. The Bertz CT molecular complexity index is 262. The van der Waals surface area contributed by atoms with Gasteiger partial charge in [-0.05, 0) is 0 Å². The van der Waals surface area contributed by atoms with Crippen molar-refractivity contribution in [3.05, 3.63) is 0 Å². The summed E-state index contributed by atoms with van der Waals surface area (Å²) in [5.74, 6) is 0.0333. The fraction of sp³-hybridized carbons (Fsp3) is 0.818. The largest absolute Gasteiger partial charge is 0.354 e. The number of nitrogens with zero attached hydrogens (tertiary/aromatic N) is 2. The Balaban J connectivity index is 2.10. The molecule has 1 aliphatic rings. The van der Waals surface area contributed by atoms with Crippen LogP contribution < -0.4 is 10.6 Å². The number of nitrogens with one attached hydrogen (secondary N) is 2. The van der Waals surface area contributed by atoms with Crippen LogP contribution in [-0.2, 0) is 9.59 Å². The first-order valence-corrected chi connectivity index (χ1v) is 5.99. The summed E-state index contributed by atoms with van der Waals surface area (Å²) >= 11 is 0. The van der Waals surface area contributed by atoms with E-state index in [1.54, 1.807) is 14.1 Å². The maximum Gasteiger partial charge on any atom is 0.234 e. The smallest absolute Gasteiger partial charge is 0.234 e. The fourth-order valence-corrected chi connectivity index (χ4v) is 1.66. The third-order valence-electron chi connectivity index (χ3n) is 2.74. The van der Waals surface area contributed by atoms with E-state index < -0.39 is 0 Å². The van der Waals surface area contributed by atoms with Gasteiger partial charge in [-0.2, -0.15) is 0 Å². The zero-order chi connectivity index (χ0) is 12.7. The molecule has 2 amide bonds. The second-order valence-corrected chi connectivity index (χ2v) is 4.41. The van der Waals surface area contributed by atoms with Crippen molar-refractivity contribution < 1.29 is 9.59 Å². The molecule has 1 rings (SSSR count). The zero-order valence-corrected chi connectivity index (χ0v) is 10.7. The molecular weight excluding hydrogens is 220 g/mol. The number of amides is 2. The van der Waals surface area contributed by atoms with Gasteiger partial charge in [0.2, 0.25) is 11.8 Å². The molecule has 1 aliphatic heterocycles. The molecule has 1 saturated heterocycles. The topological polar surface area (TPSA) is 64.7 Å². The lowest BCUT2D eigenvalue weighted by Crippen LogP contribution is -2.47. The van der Waals surface area contributed by atoms with Gasteiger partial charge in [-0.3, -0.25) is 14.5 Å². The van der Waals surface area contributed by atoms with Crippen LogP contribution in [0.2, 0.25) is 0 Å². The quantitative estimate of drug-likeness (QED) is 0.615. The van der Waals surface area contributed by atoms with E-state index in [1.165, 1.54) is 4.90 Å². The van der Waals surface area contributed by atoms with Crippen molar-refractivity contribution in [2.45, 2.75) is 6.42 Å². The molecule has 0 saturated carbocycles. The van der Waals surface area contributed by atoms with Gasteiger partial charge in [0, 0.05) is 53.2 Å². The predicted octanol–water partition coefficient (Wildman–Crippen LogP) is -1.51. The lowest BCUT2D eigenvalue weighted by Gasteiger charge is -2.26. The van der Waals surface area contributed by atoms with Gasteiger partial charge < -0.3 is 15.5 Å². The first-order valence-electron chi connectivity index (χ1n) is 5.99. The highest BCUT2D eigenvalue weighted by Crippen LogP contribution is 1.91. The van der Waals surface area contributed by atoms with Crippen molar-refractivity contribution in [2.24, 2.45) is 0 Å². The average Bonchev–Trinajstić information content (AvgIpc) is 2.30. The summed E-state index contributed by atoms with van der Waals surface area (Å²) in [6.45, 7) is 4.53. The van der Waals surface area contributed by atoms with Crippen LogP contribution in [0.1, 0.15) is 6.42 Å². The van der Waals surface area contributed by atoms with Gasteiger partial charge in [-0.15, -0.1) is 0 Å². The summed E-state index contributed by atoms with van der Waals surface area (Å²) in [5.41, 5.74) is 0. The van der Waals surface area contributed by atoms with Gasteiger partial charge in [0.25, 0.3) is 0 Å². The van der Waals surface area contributed by atoms with Crippen molar-refractivity contribution in [2.75, 3.05) is 53.4 Å². The van der Waals surface area contributed by atoms with Crippen molar-refractivity contribution in [3.63, 3.8) is 0 Å². The Morgan fingerprint density at radius 2 is 1.94 bits per heavy atom. The average molecular weight is 242 g/mol. The van der Waals surface area contributed by atoms with Crippen molar-refractivity contribution >= 4 is 11.8 Å². The second kappa shape index (κ2) is 7.24. The van der Waals surface area contributed by atoms with Crippen LogP contribution in [0.15, 0.2) is 0 Å². The molecule has 1 fully saturated rings. The Morgan fingerprint density at radius 3 is 2.53 bits per heavy atom. The summed E-state index contributed by atoms with van der Waals surface area (Å²) in [4.78, 5) is 26.5. The molecule has 0 aromatic rings. The van der Waals surface area contributed by atoms with Crippen LogP contribution >= 0.6 is 0 Å². The summed E-state index contributed by atoms with van der Waals surface area (Å²) in [6.07, 6.45) is 0.361. The molecule has 0 radical (unpaired) electrons. The van der Waals surface area contributed by atoms with E-state index in [2.05, 4.69) is 15.5 Å². The van der Waals surface area contributed by atoms with Crippen LogP contribution in [0.25, 0.3) is 0 Å². The molecule has 6 heteroatoms. The molecular formula is C11H22N4O2. The molecule has 0 aliphatic carbocycles. The molecule has 0 spiro atoms. The van der Waals surface area contributed by atoms with Gasteiger partial charge in [0.15, 0.2) is 0 Å². The maximum atomic E-state index is 11.6. The first kappa shape index (κ1) is 13.9. The Labute approximate surface area is 102 Å². The van der Waals surface area contributed by atoms with Gasteiger partial charge >= 0.3 is 0 Å². The molecule has 0 aromatic heterocycles.